The van der Waals surface area contributed by atoms with Gasteiger partial charge in [-0.3, -0.25) is 4.90 Å². The van der Waals surface area contributed by atoms with Crippen molar-refractivity contribution in [3.8, 4) is 0 Å². The molecule has 2 atom stereocenters. The van der Waals surface area contributed by atoms with Crippen molar-refractivity contribution in [3.63, 3.8) is 0 Å². The third-order valence-electron chi connectivity index (χ3n) is 6.00. The van der Waals surface area contributed by atoms with Gasteiger partial charge < -0.3 is 14.4 Å². The Bertz CT molecular complexity index is 963. The van der Waals surface area contributed by atoms with Gasteiger partial charge in [-0.15, -0.1) is 0 Å². The molecule has 2 fully saturated rings. The molecule has 2 aromatic carbocycles. The van der Waals surface area contributed by atoms with E-state index in [9.17, 15) is 14.0 Å². The maximum Gasteiger partial charge on any atom is 0.414 e. The summed E-state index contributed by atoms with van der Waals surface area (Å²) in [6, 6.07) is 15.5. The van der Waals surface area contributed by atoms with Crippen LogP contribution in [0.3, 0.4) is 0 Å². The Morgan fingerprint density at radius 1 is 1.03 bits per heavy atom. The lowest BCUT2D eigenvalue weighted by molar-refractivity contribution is 0.0257. The number of hydrogen-bond donors (Lipinski definition) is 0. The number of ether oxygens (including phenoxy) is 2. The summed E-state index contributed by atoms with van der Waals surface area (Å²) in [5.74, 6) is 0.531. The molecule has 0 N–H and O–H groups in total. The van der Waals surface area contributed by atoms with Gasteiger partial charge in [-0.05, 0) is 50.8 Å². The Balaban J connectivity index is 1.33. The minimum atomic E-state index is -0.516. The number of para-hydroxylation sites is 1. The standard InChI is InChI=1S/C25H29FN2O4/c1-25(2,3)32-23(29)27-14-19-20(15-27)21(19)16-31-24(30)28(18-10-5-4-6-11-18)13-17-9-7-8-12-22(17)26/h4-12,19-21H,13-16H2,1-3H3. The van der Waals surface area contributed by atoms with Crippen LogP contribution in [0, 0.1) is 23.6 Å². The Kier molecular flexibility index (Phi) is 6.09. The van der Waals surface area contributed by atoms with Gasteiger partial charge in [-0.1, -0.05) is 36.4 Å². The van der Waals surface area contributed by atoms with Gasteiger partial charge in [0.15, 0.2) is 0 Å². The molecule has 1 heterocycles. The molecule has 32 heavy (non-hydrogen) atoms. The molecule has 0 bridgehead atoms. The lowest BCUT2D eigenvalue weighted by Crippen LogP contribution is -2.37. The minimum absolute atomic E-state index is 0.0828. The van der Waals surface area contributed by atoms with Crippen molar-refractivity contribution in [2.24, 2.45) is 17.8 Å². The summed E-state index contributed by atoms with van der Waals surface area (Å²) in [7, 11) is 0. The first-order valence-electron chi connectivity index (χ1n) is 10.9. The summed E-state index contributed by atoms with van der Waals surface area (Å²) >= 11 is 0. The van der Waals surface area contributed by atoms with Gasteiger partial charge in [0.1, 0.15) is 11.4 Å². The highest BCUT2D eigenvalue weighted by molar-refractivity contribution is 5.87. The van der Waals surface area contributed by atoms with Gasteiger partial charge in [0, 0.05) is 30.3 Å². The second-order valence-electron chi connectivity index (χ2n) is 9.47. The van der Waals surface area contributed by atoms with Gasteiger partial charge in [0.2, 0.25) is 0 Å². The van der Waals surface area contributed by atoms with E-state index in [-0.39, 0.29) is 31.0 Å². The number of amides is 2. The van der Waals surface area contributed by atoms with Crippen molar-refractivity contribution in [2.45, 2.75) is 32.9 Å². The van der Waals surface area contributed by atoms with Gasteiger partial charge in [-0.2, -0.15) is 0 Å². The number of likely N-dealkylation sites (tertiary alicyclic amines) is 1. The highest BCUT2D eigenvalue weighted by atomic mass is 19.1. The lowest BCUT2D eigenvalue weighted by atomic mass is 10.2. The number of carbonyl (C=O) groups excluding carboxylic acids is 2. The van der Waals surface area contributed by atoms with Crippen molar-refractivity contribution in [3.05, 3.63) is 66.0 Å². The molecule has 6 nitrogen and oxygen atoms in total. The molecule has 1 aliphatic carbocycles. The Morgan fingerprint density at radius 3 is 2.28 bits per heavy atom. The van der Waals surface area contributed by atoms with Gasteiger partial charge in [0.25, 0.3) is 0 Å². The van der Waals surface area contributed by atoms with E-state index in [0.29, 0.717) is 36.2 Å². The molecule has 1 saturated carbocycles. The Labute approximate surface area is 187 Å². The number of piperidine rings is 1. The van der Waals surface area contributed by atoms with Crippen LogP contribution in [0.15, 0.2) is 54.6 Å². The highest BCUT2D eigenvalue weighted by Crippen LogP contribution is 2.52. The molecule has 1 saturated heterocycles. The third kappa shape index (κ3) is 5.03. The SMILES string of the molecule is CC(C)(C)OC(=O)N1CC2C(COC(=O)N(Cc3ccccc3F)c3ccccc3)C2C1. The Morgan fingerprint density at radius 2 is 1.66 bits per heavy atom. The predicted molar refractivity (Wildman–Crippen MR) is 119 cm³/mol. The maximum absolute atomic E-state index is 14.2. The number of anilines is 1. The van der Waals surface area contributed by atoms with Crippen LogP contribution in [-0.2, 0) is 16.0 Å². The number of rotatable bonds is 5. The molecule has 0 aromatic heterocycles. The first-order valence-corrected chi connectivity index (χ1v) is 10.9. The summed E-state index contributed by atoms with van der Waals surface area (Å²) in [4.78, 5) is 28.3. The zero-order chi connectivity index (χ0) is 22.9. The zero-order valence-electron chi connectivity index (χ0n) is 18.7. The number of hydrogen-bond acceptors (Lipinski definition) is 4. The molecule has 7 heteroatoms. The van der Waals surface area contributed by atoms with E-state index in [1.54, 1.807) is 35.2 Å². The molecule has 4 rings (SSSR count). The van der Waals surface area contributed by atoms with Gasteiger partial charge in [0.05, 0.1) is 13.2 Å². The molecule has 2 aromatic rings. The Hall–Kier alpha value is -3.09. The fraction of sp³-hybridized carbons (Fsp3) is 0.440. The van der Waals surface area contributed by atoms with Crippen LogP contribution in [0.25, 0.3) is 0 Å². The fourth-order valence-corrected chi connectivity index (χ4v) is 4.28. The summed E-state index contributed by atoms with van der Waals surface area (Å²) < 4.78 is 25.3. The van der Waals surface area contributed by atoms with E-state index in [0.717, 1.165) is 0 Å². The first-order chi connectivity index (χ1) is 15.2. The first kappa shape index (κ1) is 22.1. The van der Waals surface area contributed by atoms with Crippen LogP contribution in [-0.4, -0.2) is 42.4 Å². The quantitative estimate of drug-likeness (QED) is 0.650. The smallest absolute Gasteiger partial charge is 0.414 e. The molecule has 2 unspecified atom stereocenters. The van der Waals surface area contributed by atoms with E-state index in [1.165, 1.54) is 11.0 Å². The summed E-state index contributed by atoms with van der Waals surface area (Å²) in [5.41, 5.74) is 0.551. The molecular weight excluding hydrogens is 411 g/mol. The molecule has 1 aliphatic heterocycles. The van der Waals surface area contributed by atoms with Crippen molar-refractivity contribution in [1.29, 1.82) is 0 Å². The molecule has 0 spiro atoms. The van der Waals surface area contributed by atoms with Crippen LogP contribution in [0.5, 0.6) is 0 Å². The lowest BCUT2D eigenvalue weighted by Gasteiger charge is -2.26. The highest BCUT2D eigenvalue weighted by Gasteiger charge is 2.57. The number of benzene rings is 2. The largest absolute Gasteiger partial charge is 0.449 e. The van der Waals surface area contributed by atoms with Crippen LogP contribution < -0.4 is 4.90 Å². The average molecular weight is 441 g/mol. The van der Waals surface area contributed by atoms with E-state index in [2.05, 4.69) is 0 Å². The van der Waals surface area contributed by atoms with Crippen molar-refractivity contribution >= 4 is 17.9 Å². The monoisotopic (exact) mass is 440 g/mol. The van der Waals surface area contributed by atoms with Crippen LogP contribution in [0.1, 0.15) is 26.3 Å². The molecular formula is C25H29FN2O4. The topological polar surface area (TPSA) is 59.1 Å². The minimum Gasteiger partial charge on any atom is -0.449 e. The number of nitrogens with zero attached hydrogens (tertiary/aromatic N) is 2. The van der Waals surface area contributed by atoms with Crippen LogP contribution >= 0.6 is 0 Å². The van der Waals surface area contributed by atoms with Gasteiger partial charge in [-0.25, -0.2) is 14.0 Å². The predicted octanol–water partition coefficient (Wildman–Crippen LogP) is 5.08. The number of carbonyl (C=O) groups is 2. The summed E-state index contributed by atoms with van der Waals surface area (Å²) in [6.45, 7) is 7.17. The molecule has 2 aliphatic rings. The van der Waals surface area contributed by atoms with Crippen molar-refractivity contribution in [1.82, 2.24) is 4.90 Å². The maximum atomic E-state index is 14.2. The van der Waals surface area contributed by atoms with Gasteiger partial charge >= 0.3 is 12.2 Å². The molecule has 0 radical (unpaired) electrons. The van der Waals surface area contributed by atoms with Crippen molar-refractivity contribution in [2.75, 3.05) is 24.6 Å². The number of fused-ring (bicyclic) bond motifs is 1. The van der Waals surface area contributed by atoms with E-state index in [4.69, 9.17) is 9.47 Å². The summed E-state index contributed by atoms with van der Waals surface area (Å²) in [6.07, 6.45) is -0.797. The second-order valence-corrected chi connectivity index (χ2v) is 9.47. The van der Waals surface area contributed by atoms with Crippen molar-refractivity contribution < 1.29 is 23.5 Å². The number of halogens is 1. The van der Waals surface area contributed by atoms with E-state index in [1.807, 2.05) is 39.0 Å². The second kappa shape index (κ2) is 8.81. The summed E-state index contributed by atoms with van der Waals surface area (Å²) in [5, 5.41) is 0. The van der Waals surface area contributed by atoms with E-state index >= 15 is 0 Å². The molecule has 2 amide bonds. The molecule has 170 valence electrons. The normalized spacial score (nSPS) is 21.6. The third-order valence-corrected chi connectivity index (χ3v) is 6.00. The average Bonchev–Trinajstić information content (AvgIpc) is 3.19. The zero-order valence-corrected chi connectivity index (χ0v) is 18.7. The van der Waals surface area contributed by atoms with Crippen LogP contribution in [0.4, 0.5) is 19.7 Å². The van der Waals surface area contributed by atoms with E-state index < -0.39 is 11.7 Å². The van der Waals surface area contributed by atoms with Crippen LogP contribution in [0.2, 0.25) is 0 Å². The fourth-order valence-electron chi connectivity index (χ4n) is 4.28.